The number of nitrogens with one attached hydrogen (secondary N) is 1. The predicted molar refractivity (Wildman–Crippen MR) is 97.1 cm³/mol. The molecular formula is C19H23N3O5. The van der Waals surface area contributed by atoms with Gasteiger partial charge >= 0.3 is 0 Å². The number of ether oxygens (including phenoxy) is 3. The molecule has 1 aromatic carbocycles. The van der Waals surface area contributed by atoms with Gasteiger partial charge in [-0.2, -0.15) is 0 Å². The maximum absolute atomic E-state index is 12.8. The molecule has 0 saturated carbocycles. The maximum atomic E-state index is 12.8. The van der Waals surface area contributed by atoms with Gasteiger partial charge in [0.1, 0.15) is 17.1 Å². The first-order chi connectivity index (χ1) is 13.0. The van der Waals surface area contributed by atoms with Crippen LogP contribution in [0.5, 0.6) is 17.2 Å². The van der Waals surface area contributed by atoms with Gasteiger partial charge in [0.05, 0.1) is 0 Å². The van der Waals surface area contributed by atoms with Crippen LogP contribution in [0.15, 0.2) is 23.2 Å². The lowest BCUT2D eigenvalue weighted by atomic mass is 9.88. The normalized spacial score (nSPS) is 21.0. The molecule has 3 heterocycles. The number of likely N-dealkylation sites (tertiary alicyclic amines) is 1. The first-order valence-corrected chi connectivity index (χ1v) is 9.26. The summed E-state index contributed by atoms with van der Waals surface area (Å²) in [4.78, 5) is 31.4. The fourth-order valence-corrected chi connectivity index (χ4v) is 3.65. The molecule has 4 rings (SSSR count). The molecular weight excluding hydrogens is 350 g/mol. The summed E-state index contributed by atoms with van der Waals surface area (Å²) in [7, 11) is 0. The van der Waals surface area contributed by atoms with Crippen LogP contribution in [-0.2, 0) is 9.59 Å². The number of piperidine rings is 1. The highest BCUT2D eigenvalue weighted by atomic mass is 16.7. The second-order valence-corrected chi connectivity index (χ2v) is 7.00. The Morgan fingerprint density at radius 1 is 1.33 bits per heavy atom. The van der Waals surface area contributed by atoms with Crippen LogP contribution in [-0.4, -0.2) is 54.1 Å². The zero-order valence-corrected chi connectivity index (χ0v) is 15.5. The fourth-order valence-electron chi connectivity index (χ4n) is 3.65. The zero-order chi connectivity index (χ0) is 19.0. The average Bonchev–Trinajstić information content (AvgIpc) is 3.26. The molecule has 0 aromatic heterocycles. The van der Waals surface area contributed by atoms with E-state index in [0.717, 1.165) is 5.84 Å². The number of aliphatic imine (C=N–C) groups is 1. The maximum Gasteiger partial charge on any atom is 0.263 e. The van der Waals surface area contributed by atoms with E-state index in [1.165, 1.54) is 0 Å². The summed E-state index contributed by atoms with van der Waals surface area (Å²) in [5.41, 5.74) is -0.705. The van der Waals surface area contributed by atoms with Crippen LogP contribution in [0.2, 0.25) is 0 Å². The first-order valence-electron chi connectivity index (χ1n) is 9.26. The van der Waals surface area contributed by atoms with E-state index in [9.17, 15) is 9.59 Å². The molecule has 8 heteroatoms. The summed E-state index contributed by atoms with van der Waals surface area (Å²) >= 11 is 0. The summed E-state index contributed by atoms with van der Waals surface area (Å²) in [5.74, 6) is 2.44. The Kier molecular flexibility index (Phi) is 4.41. The molecule has 1 fully saturated rings. The van der Waals surface area contributed by atoms with Gasteiger partial charge in [-0.3, -0.25) is 14.6 Å². The molecule has 3 aliphatic rings. The molecule has 8 nitrogen and oxygen atoms in total. The molecule has 0 unspecified atom stereocenters. The monoisotopic (exact) mass is 373 g/mol. The Labute approximate surface area is 157 Å². The standard InChI is InChI=1S/C19H23N3O5/c1-3-16-20-18(24)19(21-16)6-8-22(9-7-19)17(23)12(2)27-13-4-5-14-15(10-13)26-11-25-14/h4-5,10,12H,3,6-9,11H2,1-2H3,(H,20,21,24)/t12-/m0/s1. The molecule has 1 atom stereocenters. The van der Waals surface area contributed by atoms with Crippen LogP contribution in [0, 0.1) is 0 Å². The average molecular weight is 373 g/mol. The largest absolute Gasteiger partial charge is 0.481 e. The molecule has 3 aliphatic heterocycles. The highest BCUT2D eigenvalue weighted by molar-refractivity contribution is 6.08. The summed E-state index contributed by atoms with van der Waals surface area (Å²) in [6, 6.07) is 5.25. The van der Waals surface area contributed by atoms with E-state index in [1.54, 1.807) is 30.0 Å². The number of nitrogens with zero attached hydrogens (tertiary/aromatic N) is 2. The molecule has 0 bridgehead atoms. The molecule has 2 amide bonds. The summed E-state index contributed by atoms with van der Waals surface area (Å²) < 4.78 is 16.4. The topological polar surface area (TPSA) is 89.5 Å². The number of fused-ring (bicyclic) bond motifs is 1. The Balaban J connectivity index is 1.36. The van der Waals surface area contributed by atoms with Crippen LogP contribution in [0.4, 0.5) is 0 Å². The molecule has 27 heavy (non-hydrogen) atoms. The third-order valence-electron chi connectivity index (χ3n) is 5.27. The van der Waals surface area contributed by atoms with E-state index in [2.05, 4.69) is 10.3 Å². The van der Waals surface area contributed by atoms with Gasteiger partial charge in [-0.1, -0.05) is 6.92 Å². The van der Waals surface area contributed by atoms with Gasteiger partial charge in [-0.15, -0.1) is 0 Å². The number of carbonyl (C=O) groups excluding carboxylic acids is 2. The molecule has 0 radical (unpaired) electrons. The zero-order valence-electron chi connectivity index (χ0n) is 15.5. The first kappa shape index (κ1) is 17.6. The van der Waals surface area contributed by atoms with E-state index < -0.39 is 11.6 Å². The van der Waals surface area contributed by atoms with E-state index >= 15 is 0 Å². The minimum atomic E-state index is -0.705. The number of rotatable bonds is 4. The SMILES string of the molecule is CCC1=NC2(CCN(C(=O)[C@H](C)Oc3ccc4c(c3)OCO4)CC2)C(=O)N1. The highest BCUT2D eigenvalue weighted by Gasteiger charge is 2.46. The Morgan fingerprint density at radius 2 is 2.07 bits per heavy atom. The number of carbonyl (C=O) groups is 2. The van der Waals surface area contributed by atoms with Gasteiger partial charge in [0.2, 0.25) is 6.79 Å². The molecule has 0 aliphatic carbocycles. The van der Waals surface area contributed by atoms with Crippen molar-refractivity contribution >= 4 is 17.6 Å². The van der Waals surface area contributed by atoms with Crippen LogP contribution in [0.3, 0.4) is 0 Å². The minimum Gasteiger partial charge on any atom is -0.481 e. The third kappa shape index (κ3) is 3.20. The minimum absolute atomic E-state index is 0.0453. The molecule has 1 spiro atoms. The van der Waals surface area contributed by atoms with E-state index in [1.807, 2.05) is 6.92 Å². The summed E-state index contributed by atoms with van der Waals surface area (Å²) in [5, 5.41) is 2.84. The fraction of sp³-hybridized carbons (Fsp3) is 0.526. The molecule has 1 aromatic rings. The van der Waals surface area contributed by atoms with E-state index in [4.69, 9.17) is 14.2 Å². The quantitative estimate of drug-likeness (QED) is 0.864. The van der Waals surface area contributed by atoms with Gasteiger partial charge in [0.15, 0.2) is 17.6 Å². The van der Waals surface area contributed by atoms with Gasteiger partial charge in [0.25, 0.3) is 11.8 Å². The third-order valence-corrected chi connectivity index (χ3v) is 5.27. The summed E-state index contributed by atoms with van der Waals surface area (Å²) in [6.07, 6.45) is 1.14. The summed E-state index contributed by atoms with van der Waals surface area (Å²) in [6.45, 7) is 4.86. The Hall–Kier alpha value is -2.77. The van der Waals surface area contributed by atoms with Gasteiger partial charge in [-0.05, 0) is 31.9 Å². The van der Waals surface area contributed by atoms with Crippen LogP contribution in [0.1, 0.15) is 33.1 Å². The molecule has 144 valence electrons. The number of benzene rings is 1. The van der Waals surface area contributed by atoms with Crippen molar-refractivity contribution < 1.29 is 23.8 Å². The number of amides is 2. The predicted octanol–water partition coefficient (Wildman–Crippen LogP) is 1.48. The van der Waals surface area contributed by atoms with Gasteiger partial charge < -0.3 is 24.4 Å². The van der Waals surface area contributed by atoms with Crippen molar-refractivity contribution in [1.29, 1.82) is 0 Å². The Morgan fingerprint density at radius 3 is 2.78 bits per heavy atom. The van der Waals surface area contributed by atoms with Crippen molar-refractivity contribution in [3.8, 4) is 17.2 Å². The second-order valence-electron chi connectivity index (χ2n) is 7.00. The van der Waals surface area contributed by atoms with Crippen molar-refractivity contribution in [1.82, 2.24) is 10.2 Å². The number of amidine groups is 1. The van der Waals surface area contributed by atoms with Crippen LogP contribution in [0.25, 0.3) is 0 Å². The second kappa shape index (κ2) is 6.75. The Bertz CT molecular complexity index is 799. The van der Waals surface area contributed by atoms with Crippen molar-refractivity contribution in [2.75, 3.05) is 19.9 Å². The lowest BCUT2D eigenvalue weighted by Crippen LogP contribution is -2.52. The van der Waals surface area contributed by atoms with Crippen LogP contribution < -0.4 is 19.5 Å². The number of hydrogen-bond acceptors (Lipinski definition) is 6. The molecule has 1 N–H and O–H groups in total. The molecule has 1 saturated heterocycles. The van der Waals surface area contributed by atoms with Gasteiger partial charge in [-0.25, -0.2) is 0 Å². The van der Waals surface area contributed by atoms with E-state index in [-0.39, 0.29) is 18.6 Å². The van der Waals surface area contributed by atoms with Crippen LogP contribution >= 0.6 is 0 Å². The van der Waals surface area contributed by atoms with Gasteiger partial charge in [0, 0.05) is 25.6 Å². The number of hydrogen-bond donors (Lipinski definition) is 1. The van der Waals surface area contributed by atoms with E-state index in [0.29, 0.717) is 49.6 Å². The van der Waals surface area contributed by atoms with Crippen molar-refractivity contribution in [2.24, 2.45) is 4.99 Å². The smallest absolute Gasteiger partial charge is 0.263 e. The van der Waals surface area contributed by atoms with Crippen molar-refractivity contribution in [2.45, 2.75) is 44.8 Å². The van der Waals surface area contributed by atoms with Crippen molar-refractivity contribution in [3.05, 3.63) is 18.2 Å². The lowest BCUT2D eigenvalue weighted by molar-refractivity contribution is -0.141. The van der Waals surface area contributed by atoms with Crippen molar-refractivity contribution in [3.63, 3.8) is 0 Å². The lowest BCUT2D eigenvalue weighted by Gasteiger charge is -2.36. The highest BCUT2D eigenvalue weighted by Crippen LogP contribution is 2.35.